The molecule has 0 bridgehead atoms. The van der Waals surface area contributed by atoms with Crippen molar-refractivity contribution in [1.29, 1.82) is 0 Å². The summed E-state index contributed by atoms with van der Waals surface area (Å²) in [5, 5.41) is 6.38. The molecule has 0 aromatic carbocycles. The molecule has 1 fully saturated rings. The smallest absolute Gasteiger partial charge is 0.228 e. The highest BCUT2D eigenvalue weighted by Crippen LogP contribution is 2.28. The summed E-state index contributed by atoms with van der Waals surface area (Å²) >= 11 is 7.35. The predicted molar refractivity (Wildman–Crippen MR) is 71.8 cm³/mol. The van der Waals surface area contributed by atoms with E-state index >= 15 is 0 Å². The zero-order valence-electron chi connectivity index (χ0n) is 9.83. The summed E-state index contributed by atoms with van der Waals surface area (Å²) in [6.07, 6.45) is 2.20. The molecule has 17 heavy (non-hydrogen) atoms. The van der Waals surface area contributed by atoms with Crippen LogP contribution in [0.5, 0.6) is 0 Å². The fourth-order valence-corrected chi connectivity index (χ4v) is 3.10. The van der Waals surface area contributed by atoms with Gasteiger partial charge in [0.25, 0.3) is 0 Å². The first-order valence-corrected chi connectivity index (χ1v) is 7.12. The summed E-state index contributed by atoms with van der Waals surface area (Å²) in [6.45, 7) is 3.86. The van der Waals surface area contributed by atoms with Gasteiger partial charge in [0.1, 0.15) is 0 Å². The fraction of sp³-hybridized carbons (Fsp3) is 0.583. The van der Waals surface area contributed by atoms with E-state index < -0.39 is 0 Å². The van der Waals surface area contributed by atoms with Crippen LogP contribution in [0.15, 0.2) is 12.1 Å². The van der Waals surface area contributed by atoms with Crippen molar-refractivity contribution in [2.45, 2.75) is 31.7 Å². The Morgan fingerprint density at radius 3 is 3.06 bits per heavy atom. The topological polar surface area (TPSA) is 41.1 Å². The van der Waals surface area contributed by atoms with Gasteiger partial charge in [-0.1, -0.05) is 11.6 Å². The first-order chi connectivity index (χ1) is 8.16. The Balaban J connectivity index is 1.90. The molecule has 0 radical (unpaired) electrons. The van der Waals surface area contributed by atoms with E-state index in [1.165, 1.54) is 11.3 Å². The van der Waals surface area contributed by atoms with Crippen molar-refractivity contribution in [1.82, 2.24) is 10.6 Å². The minimum Gasteiger partial charge on any atom is -0.352 e. The van der Waals surface area contributed by atoms with Crippen LogP contribution in [0.25, 0.3) is 0 Å². The summed E-state index contributed by atoms with van der Waals surface area (Å²) in [5.74, 6) is -0.0216. The van der Waals surface area contributed by atoms with Crippen molar-refractivity contribution in [2.24, 2.45) is 0 Å². The molecular formula is C12H17ClN2OS. The SMILES string of the molecule is CC(C(=O)N[C@H]1CCCNC1)c1ccc(Cl)s1. The molecule has 0 spiro atoms. The Kier molecular flexibility index (Phi) is 4.42. The van der Waals surface area contributed by atoms with Crippen LogP contribution in [0.4, 0.5) is 0 Å². The normalized spacial score (nSPS) is 22.1. The van der Waals surface area contributed by atoms with Gasteiger partial charge < -0.3 is 10.6 Å². The third kappa shape index (κ3) is 3.44. The maximum Gasteiger partial charge on any atom is 0.228 e. The van der Waals surface area contributed by atoms with Gasteiger partial charge in [0.2, 0.25) is 5.91 Å². The number of hydrogen-bond donors (Lipinski definition) is 2. The first kappa shape index (κ1) is 12.9. The molecule has 2 rings (SSSR count). The average molecular weight is 273 g/mol. The zero-order chi connectivity index (χ0) is 12.3. The largest absolute Gasteiger partial charge is 0.352 e. The lowest BCUT2D eigenvalue weighted by atomic mass is 10.1. The van der Waals surface area contributed by atoms with Crippen LogP contribution < -0.4 is 10.6 Å². The second-order valence-electron chi connectivity index (χ2n) is 4.42. The van der Waals surface area contributed by atoms with Gasteiger partial charge in [-0.3, -0.25) is 4.79 Å². The lowest BCUT2D eigenvalue weighted by Gasteiger charge is -2.25. The Morgan fingerprint density at radius 1 is 1.65 bits per heavy atom. The summed E-state index contributed by atoms with van der Waals surface area (Å²) in [6, 6.07) is 4.04. The highest BCUT2D eigenvalue weighted by atomic mass is 35.5. The second-order valence-corrected chi connectivity index (χ2v) is 6.16. The maximum absolute atomic E-state index is 12.0. The van der Waals surface area contributed by atoms with Crippen LogP contribution in [0.2, 0.25) is 4.34 Å². The van der Waals surface area contributed by atoms with Gasteiger partial charge in [0.05, 0.1) is 10.3 Å². The number of hydrogen-bond acceptors (Lipinski definition) is 3. The molecule has 1 aromatic rings. The predicted octanol–water partition coefficient (Wildman–Crippen LogP) is 2.37. The molecule has 1 amide bonds. The molecule has 94 valence electrons. The number of amides is 1. The van der Waals surface area contributed by atoms with Crippen molar-refractivity contribution in [3.63, 3.8) is 0 Å². The molecule has 1 aromatic heterocycles. The van der Waals surface area contributed by atoms with Crippen LogP contribution in [-0.4, -0.2) is 25.0 Å². The van der Waals surface area contributed by atoms with E-state index in [9.17, 15) is 4.79 Å². The highest BCUT2D eigenvalue weighted by molar-refractivity contribution is 7.16. The van der Waals surface area contributed by atoms with E-state index in [0.29, 0.717) is 0 Å². The molecule has 2 atom stereocenters. The third-order valence-corrected chi connectivity index (χ3v) is 4.47. The number of halogens is 1. The molecular weight excluding hydrogens is 256 g/mol. The number of thiophene rings is 1. The lowest BCUT2D eigenvalue weighted by molar-refractivity contribution is -0.122. The van der Waals surface area contributed by atoms with E-state index in [1.54, 1.807) is 0 Å². The minimum atomic E-state index is -0.116. The lowest BCUT2D eigenvalue weighted by Crippen LogP contribution is -2.46. The first-order valence-electron chi connectivity index (χ1n) is 5.93. The van der Waals surface area contributed by atoms with Crippen molar-refractivity contribution < 1.29 is 4.79 Å². The van der Waals surface area contributed by atoms with Crippen molar-refractivity contribution >= 4 is 28.8 Å². The fourth-order valence-electron chi connectivity index (χ4n) is 1.99. The minimum absolute atomic E-state index is 0.0946. The maximum atomic E-state index is 12.0. The monoisotopic (exact) mass is 272 g/mol. The van der Waals surface area contributed by atoms with Crippen molar-refractivity contribution in [2.75, 3.05) is 13.1 Å². The molecule has 0 saturated carbocycles. The summed E-state index contributed by atoms with van der Waals surface area (Å²) in [4.78, 5) is 13.1. The Labute approximate surface area is 111 Å². The number of nitrogens with one attached hydrogen (secondary N) is 2. The van der Waals surface area contributed by atoms with Gasteiger partial charge in [-0.05, 0) is 38.4 Å². The van der Waals surface area contributed by atoms with E-state index in [1.807, 2.05) is 19.1 Å². The molecule has 5 heteroatoms. The summed E-state index contributed by atoms with van der Waals surface area (Å²) in [5.41, 5.74) is 0. The third-order valence-electron chi connectivity index (χ3n) is 3.06. The van der Waals surface area contributed by atoms with Crippen LogP contribution in [-0.2, 0) is 4.79 Å². The van der Waals surface area contributed by atoms with Crippen LogP contribution in [0.3, 0.4) is 0 Å². The molecule has 2 heterocycles. The number of carbonyl (C=O) groups excluding carboxylic acids is 1. The van der Waals surface area contributed by atoms with Crippen molar-refractivity contribution in [3.8, 4) is 0 Å². The second kappa shape index (κ2) is 5.85. The van der Waals surface area contributed by atoms with E-state index in [0.717, 1.165) is 35.1 Å². The van der Waals surface area contributed by atoms with Crippen LogP contribution in [0.1, 0.15) is 30.6 Å². The zero-order valence-corrected chi connectivity index (χ0v) is 11.4. The van der Waals surface area contributed by atoms with Gasteiger partial charge in [-0.25, -0.2) is 0 Å². The van der Waals surface area contributed by atoms with E-state index in [4.69, 9.17) is 11.6 Å². The van der Waals surface area contributed by atoms with E-state index in [-0.39, 0.29) is 17.9 Å². The molecule has 3 nitrogen and oxygen atoms in total. The van der Waals surface area contributed by atoms with Crippen molar-refractivity contribution in [3.05, 3.63) is 21.3 Å². The van der Waals surface area contributed by atoms with E-state index in [2.05, 4.69) is 10.6 Å². The average Bonchev–Trinajstić information content (AvgIpc) is 2.76. The summed E-state index contributed by atoms with van der Waals surface area (Å²) < 4.78 is 0.735. The molecule has 1 aliphatic heterocycles. The summed E-state index contributed by atoms with van der Waals surface area (Å²) in [7, 11) is 0. The number of rotatable bonds is 3. The van der Waals surface area contributed by atoms with Crippen LogP contribution in [0, 0.1) is 0 Å². The number of piperidine rings is 1. The Morgan fingerprint density at radius 2 is 2.47 bits per heavy atom. The van der Waals surface area contributed by atoms with Gasteiger partial charge in [0.15, 0.2) is 0 Å². The molecule has 1 unspecified atom stereocenters. The molecule has 1 saturated heterocycles. The Hall–Kier alpha value is -0.580. The molecule has 2 N–H and O–H groups in total. The molecule has 0 aliphatic carbocycles. The number of carbonyl (C=O) groups is 1. The Bertz CT molecular complexity index is 388. The quantitative estimate of drug-likeness (QED) is 0.887. The highest BCUT2D eigenvalue weighted by Gasteiger charge is 2.21. The standard InChI is InChI=1S/C12H17ClN2OS/c1-8(10-4-5-11(13)17-10)12(16)15-9-3-2-6-14-7-9/h4-5,8-9,14H,2-3,6-7H2,1H3,(H,15,16)/t8?,9-/m0/s1. The van der Waals surface area contributed by atoms with Crippen LogP contribution >= 0.6 is 22.9 Å². The van der Waals surface area contributed by atoms with Gasteiger partial charge in [-0.2, -0.15) is 0 Å². The van der Waals surface area contributed by atoms with Gasteiger partial charge in [-0.15, -0.1) is 11.3 Å². The molecule has 1 aliphatic rings. The van der Waals surface area contributed by atoms with Gasteiger partial charge >= 0.3 is 0 Å². The van der Waals surface area contributed by atoms with Gasteiger partial charge in [0, 0.05) is 17.5 Å².